The molecule has 0 saturated heterocycles. The van der Waals surface area contributed by atoms with E-state index >= 15 is 0 Å². The number of Topliss-reactive ketones (excluding diaryl/α,β-unsaturated/α-hetero) is 1. The molecular formula is C18H16N2O5S. The number of fused-ring (bicyclic) bond motifs is 1. The summed E-state index contributed by atoms with van der Waals surface area (Å²) in [6.07, 6.45) is 0. The number of hydrogen-bond acceptors (Lipinski definition) is 5. The molecule has 7 nitrogen and oxygen atoms in total. The molecule has 2 N–H and O–H groups in total. The Morgan fingerprint density at radius 3 is 2.54 bits per heavy atom. The summed E-state index contributed by atoms with van der Waals surface area (Å²) in [4.78, 5) is 37.1. The minimum absolute atomic E-state index is 0.319. The van der Waals surface area contributed by atoms with Crippen molar-refractivity contribution in [2.45, 2.75) is 17.1 Å². The highest BCUT2D eigenvalue weighted by atomic mass is 32.2. The molecule has 1 heterocycles. The van der Waals surface area contributed by atoms with Crippen LogP contribution in [-0.4, -0.2) is 33.7 Å². The smallest absolute Gasteiger partial charge is 0.293 e. The summed E-state index contributed by atoms with van der Waals surface area (Å²) in [5.41, 5.74) is 0.751. The Kier molecular flexibility index (Phi) is 5.13. The van der Waals surface area contributed by atoms with Crippen LogP contribution in [0.5, 0.6) is 5.75 Å². The molecule has 134 valence electrons. The number of amides is 2. The lowest BCUT2D eigenvalue weighted by molar-refractivity contribution is -0.136. The Labute approximate surface area is 152 Å². The van der Waals surface area contributed by atoms with Gasteiger partial charge in [0, 0.05) is 5.69 Å². The van der Waals surface area contributed by atoms with E-state index in [1.807, 2.05) is 6.92 Å². The number of carbonyl (C=O) groups excluding carboxylic acids is 3. The minimum Gasteiger partial charge on any atom is -0.494 e. The van der Waals surface area contributed by atoms with E-state index in [2.05, 4.69) is 10.6 Å². The fourth-order valence-electron chi connectivity index (χ4n) is 2.50. The molecule has 2 aromatic carbocycles. The van der Waals surface area contributed by atoms with Crippen molar-refractivity contribution in [1.82, 2.24) is 0 Å². The van der Waals surface area contributed by atoms with E-state index in [4.69, 9.17) is 4.74 Å². The Balaban J connectivity index is 1.75. The molecule has 0 fully saturated rings. The van der Waals surface area contributed by atoms with Gasteiger partial charge in [-0.3, -0.25) is 18.6 Å². The first-order chi connectivity index (χ1) is 12.5. The van der Waals surface area contributed by atoms with E-state index in [-0.39, 0.29) is 0 Å². The van der Waals surface area contributed by atoms with Crippen molar-refractivity contribution in [1.29, 1.82) is 0 Å². The van der Waals surface area contributed by atoms with Gasteiger partial charge in [-0.25, -0.2) is 0 Å². The normalized spacial score (nSPS) is 18.4. The summed E-state index contributed by atoms with van der Waals surface area (Å²) in [7, 11) is -1.94. The molecule has 2 aromatic rings. The van der Waals surface area contributed by atoms with Crippen LogP contribution >= 0.6 is 0 Å². The highest BCUT2D eigenvalue weighted by molar-refractivity contribution is 7.87. The number of ether oxygens (including phenoxy) is 1. The number of para-hydroxylation sites is 1. The zero-order valence-electron chi connectivity index (χ0n) is 13.9. The van der Waals surface area contributed by atoms with Crippen LogP contribution in [0.2, 0.25) is 0 Å². The van der Waals surface area contributed by atoms with E-state index in [1.54, 1.807) is 48.5 Å². The predicted octanol–water partition coefficient (Wildman–Crippen LogP) is 1.72. The van der Waals surface area contributed by atoms with Crippen molar-refractivity contribution in [2.24, 2.45) is 0 Å². The first-order valence-corrected chi connectivity index (χ1v) is 9.11. The molecule has 0 bridgehead atoms. The third kappa shape index (κ3) is 3.50. The highest BCUT2D eigenvalue weighted by Crippen LogP contribution is 2.27. The maximum absolute atomic E-state index is 12.6. The zero-order valence-corrected chi connectivity index (χ0v) is 14.7. The standard InChI is InChI=1S/C18H16N2O5S/c1-2-25-12-9-7-11(8-10-12)19-17(22)15(21)16-18(23)20-13-5-3-4-6-14(13)26(16)24/h3-10,16H,2H2,1H3,(H,19,22)(H,20,23)/t16-,26-/m0/s1. The first kappa shape index (κ1) is 17.8. The third-order valence-corrected chi connectivity index (χ3v) is 5.34. The topological polar surface area (TPSA) is 102 Å². The monoisotopic (exact) mass is 372 g/mol. The molecule has 0 spiro atoms. The van der Waals surface area contributed by atoms with E-state index in [0.29, 0.717) is 28.6 Å². The third-order valence-electron chi connectivity index (χ3n) is 3.70. The maximum Gasteiger partial charge on any atom is 0.293 e. The molecule has 2 amide bonds. The minimum atomic E-state index is -1.94. The maximum atomic E-state index is 12.6. The van der Waals surface area contributed by atoms with Crippen LogP contribution < -0.4 is 15.4 Å². The summed E-state index contributed by atoms with van der Waals surface area (Å²) >= 11 is 0. The van der Waals surface area contributed by atoms with Gasteiger partial charge in [-0.1, -0.05) is 12.1 Å². The highest BCUT2D eigenvalue weighted by Gasteiger charge is 2.41. The summed E-state index contributed by atoms with van der Waals surface area (Å²) < 4.78 is 17.9. The van der Waals surface area contributed by atoms with Gasteiger partial charge in [-0.2, -0.15) is 0 Å². The number of ketones is 1. The Bertz CT molecular complexity index is 895. The van der Waals surface area contributed by atoms with Gasteiger partial charge in [0.2, 0.25) is 11.7 Å². The molecule has 2 atom stereocenters. The number of carbonyl (C=O) groups is 3. The van der Waals surface area contributed by atoms with Crippen molar-refractivity contribution in [3.05, 3.63) is 48.5 Å². The van der Waals surface area contributed by atoms with Gasteiger partial charge in [-0.05, 0) is 43.3 Å². The lowest BCUT2D eigenvalue weighted by atomic mass is 10.2. The van der Waals surface area contributed by atoms with Crippen LogP contribution in [0.4, 0.5) is 11.4 Å². The van der Waals surface area contributed by atoms with E-state index < -0.39 is 33.6 Å². The van der Waals surface area contributed by atoms with Gasteiger partial charge in [0.25, 0.3) is 5.91 Å². The predicted molar refractivity (Wildman–Crippen MR) is 96.5 cm³/mol. The summed E-state index contributed by atoms with van der Waals surface area (Å²) in [6.45, 7) is 2.36. The Hall–Kier alpha value is -3.00. The van der Waals surface area contributed by atoms with Crippen LogP contribution in [0.3, 0.4) is 0 Å². The van der Waals surface area contributed by atoms with Crippen LogP contribution in [0.1, 0.15) is 6.92 Å². The second-order valence-corrected chi connectivity index (χ2v) is 6.94. The Morgan fingerprint density at radius 1 is 1.15 bits per heavy atom. The van der Waals surface area contributed by atoms with E-state index in [1.165, 1.54) is 0 Å². The molecule has 8 heteroatoms. The van der Waals surface area contributed by atoms with Crippen molar-refractivity contribution in [3.63, 3.8) is 0 Å². The van der Waals surface area contributed by atoms with Gasteiger partial charge < -0.3 is 15.4 Å². The number of rotatable bonds is 5. The average Bonchev–Trinajstić information content (AvgIpc) is 2.63. The zero-order chi connectivity index (χ0) is 18.7. The van der Waals surface area contributed by atoms with Gasteiger partial charge in [-0.15, -0.1) is 0 Å². The van der Waals surface area contributed by atoms with Crippen molar-refractivity contribution in [2.75, 3.05) is 17.2 Å². The molecule has 0 unspecified atom stereocenters. The molecule has 26 heavy (non-hydrogen) atoms. The van der Waals surface area contributed by atoms with Crippen molar-refractivity contribution in [3.8, 4) is 5.75 Å². The molecule has 0 saturated carbocycles. The number of anilines is 2. The number of hydrogen-bond donors (Lipinski definition) is 2. The quantitative estimate of drug-likeness (QED) is 0.615. The fourth-order valence-corrected chi connectivity index (χ4v) is 3.85. The molecular weight excluding hydrogens is 356 g/mol. The van der Waals surface area contributed by atoms with E-state index in [0.717, 1.165) is 0 Å². The Morgan fingerprint density at radius 2 is 1.85 bits per heavy atom. The molecule has 1 aliphatic rings. The number of nitrogens with one attached hydrogen (secondary N) is 2. The molecule has 0 aromatic heterocycles. The SMILES string of the molecule is CCOc1ccc(NC(=O)C(=O)[C@H]2C(=O)Nc3ccccc3[S@@]2=O)cc1. The first-order valence-electron chi connectivity index (χ1n) is 7.89. The van der Waals surface area contributed by atoms with Gasteiger partial charge in [0.1, 0.15) is 5.75 Å². The second kappa shape index (κ2) is 7.49. The molecule has 1 aliphatic heterocycles. The lowest BCUT2D eigenvalue weighted by Crippen LogP contribution is -2.46. The van der Waals surface area contributed by atoms with E-state index in [9.17, 15) is 18.6 Å². The fraction of sp³-hybridized carbons (Fsp3) is 0.167. The number of benzene rings is 2. The average molecular weight is 372 g/mol. The van der Waals surface area contributed by atoms with Gasteiger partial charge in [0.05, 0.1) is 28.0 Å². The molecule has 0 radical (unpaired) electrons. The van der Waals surface area contributed by atoms with Crippen LogP contribution in [0.25, 0.3) is 0 Å². The van der Waals surface area contributed by atoms with Crippen molar-refractivity contribution < 1.29 is 23.3 Å². The van der Waals surface area contributed by atoms with Crippen LogP contribution in [0.15, 0.2) is 53.4 Å². The largest absolute Gasteiger partial charge is 0.494 e. The molecule has 0 aliphatic carbocycles. The molecule has 3 rings (SSSR count). The van der Waals surface area contributed by atoms with Crippen LogP contribution in [0, 0.1) is 0 Å². The van der Waals surface area contributed by atoms with Crippen molar-refractivity contribution >= 4 is 39.8 Å². The summed E-state index contributed by atoms with van der Waals surface area (Å²) in [5, 5.41) is 3.35. The summed E-state index contributed by atoms with van der Waals surface area (Å²) in [6, 6.07) is 12.9. The summed E-state index contributed by atoms with van der Waals surface area (Å²) in [5.74, 6) is -2.18. The van der Waals surface area contributed by atoms with Gasteiger partial charge >= 0.3 is 0 Å². The van der Waals surface area contributed by atoms with Crippen LogP contribution in [-0.2, 0) is 25.2 Å². The van der Waals surface area contributed by atoms with Gasteiger partial charge in [0.15, 0.2) is 5.25 Å². The second-order valence-electron chi connectivity index (χ2n) is 5.44. The lowest BCUT2D eigenvalue weighted by Gasteiger charge is -2.22.